The molecule has 31 heavy (non-hydrogen) atoms. The number of hydrogen-bond donors (Lipinski definition) is 2. The number of ether oxygens (including phenoxy) is 2. The van der Waals surface area contributed by atoms with Crippen LogP contribution < -0.4 is 15.8 Å². The molecule has 1 aliphatic heterocycles. The number of nitrogens with zero attached hydrogens (tertiary/aromatic N) is 2. The number of aromatic nitrogens is 1. The van der Waals surface area contributed by atoms with Gasteiger partial charge in [0.15, 0.2) is 0 Å². The van der Waals surface area contributed by atoms with Crippen molar-refractivity contribution in [2.75, 3.05) is 38.7 Å². The van der Waals surface area contributed by atoms with E-state index >= 15 is 0 Å². The Kier molecular flexibility index (Phi) is 5.77. The monoisotopic (exact) mass is 442 g/mol. The van der Waals surface area contributed by atoms with E-state index in [0.717, 1.165) is 0 Å². The van der Waals surface area contributed by atoms with Crippen molar-refractivity contribution in [3.63, 3.8) is 0 Å². The molecule has 1 aliphatic rings. The highest BCUT2D eigenvalue weighted by atomic mass is 32.2. The molecule has 0 spiro atoms. The lowest BCUT2D eigenvalue weighted by Crippen LogP contribution is -2.40. The molecule has 0 radical (unpaired) electrons. The Labute approximate surface area is 179 Å². The Morgan fingerprint density at radius 2 is 1.97 bits per heavy atom. The van der Waals surface area contributed by atoms with Crippen LogP contribution in [-0.4, -0.2) is 57.0 Å². The number of carbonyl (C=O) groups excluding carboxylic acids is 1. The van der Waals surface area contributed by atoms with Gasteiger partial charge in [0.05, 0.1) is 42.0 Å². The predicted molar refractivity (Wildman–Crippen MR) is 116 cm³/mol. The molecule has 0 unspecified atom stereocenters. The van der Waals surface area contributed by atoms with E-state index in [9.17, 15) is 13.2 Å². The maximum Gasteiger partial charge on any atom is 0.252 e. The summed E-state index contributed by atoms with van der Waals surface area (Å²) in [5.41, 5.74) is 7.27. The molecule has 0 saturated carbocycles. The third-order valence-electron chi connectivity index (χ3n) is 5.05. The van der Waals surface area contributed by atoms with E-state index in [0.29, 0.717) is 41.2 Å². The van der Waals surface area contributed by atoms with Gasteiger partial charge in [-0.25, -0.2) is 8.42 Å². The van der Waals surface area contributed by atoms with Gasteiger partial charge in [-0.05, 0) is 30.3 Å². The normalized spacial score (nSPS) is 15.0. The second-order valence-corrected chi connectivity index (χ2v) is 8.90. The average molecular weight is 442 g/mol. The van der Waals surface area contributed by atoms with Gasteiger partial charge in [0.2, 0.25) is 10.0 Å². The number of morpholine rings is 1. The SMILES string of the molecule is COc1cccc(Nc2c(C(N)=O)cnc3ccc(S(=O)(=O)N4CCOCC4)cc23)c1. The molecule has 3 aromatic rings. The Bertz CT molecular complexity index is 1240. The molecule has 1 saturated heterocycles. The fourth-order valence-corrected chi connectivity index (χ4v) is 4.87. The van der Waals surface area contributed by atoms with E-state index in [1.807, 2.05) is 0 Å². The number of anilines is 2. The molecular weight excluding hydrogens is 420 g/mol. The van der Waals surface area contributed by atoms with Gasteiger partial charge in [-0.2, -0.15) is 4.31 Å². The van der Waals surface area contributed by atoms with Crippen molar-refractivity contribution in [2.24, 2.45) is 5.73 Å². The molecule has 4 rings (SSSR count). The van der Waals surface area contributed by atoms with Crippen molar-refractivity contribution in [1.29, 1.82) is 0 Å². The number of hydrogen-bond acceptors (Lipinski definition) is 7. The Morgan fingerprint density at radius 3 is 2.68 bits per heavy atom. The van der Waals surface area contributed by atoms with Crippen molar-refractivity contribution in [2.45, 2.75) is 4.90 Å². The summed E-state index contributed by atoms with van der Waals surface area (Å²) < 4.78 is 38.1. The number of nitrogens with two attached hydrogens (primary N) is 1. The minimum Gasteiger partial charge on any atom is -0.497 e. The van der Waals surface area contributed by atoms with Crippen LogP contribution in [0.4, 0.5) is 11.4 Å². The van der Waals surface area contributed by atoms with Crippen LogP contribution >= 0.6 is 0 Å². The fourth-order valence-electron chi connectivity index (χ4n) is 3.43. The first kappa shape index (κ1) is 21.0. The molecule has 0 atom stereocenters. The maximum atomic E-state index is 13.1. The van der Waals surface area contributed by atoms with Gasteiger partial charge in [-0.1, -0.05) is 6.07 Å². The summed E-state index contributed by atoms with van der Waals surface area (Å²) in [6.07, 6.45) is 1.38. The number of methoxy groups -OCH3 is 1. The zero-order valence-corrected chi connectivity index (χ0v) is 17.7. The Balaban J connectivity index is 1.85. The Morgan fingerprint density at radius 1 is 1.19 bits per heavy atom. The van der Waals surface area contributed by atoms with Crippen molar-refractivity contribution < 1.29 is 22.7 Å². The molecule has 0 bridgehead atoms. The molecule has 0 aliphatic carbocycles. The summed E-state index contributed by atoms with van der Waals surface area (Å²) in [7, 11) is -2.17. The van der Waals surface area contributed by atoms with Crippen LogP contribution in [0, 0.1) is 0 Å². The minimum atomic E-state index is -3.73. The highest BCUT2D eigenvalue weighted by molar-refractivity contribution is 7.89. The van der Waals surface area contributed by atoms with E-state index < -0.39 is 15.9 Å². The van der Waals surface area contributed by atoms with Crippen molar-refractivity contribution in [3.8, 4) is 5.75 Å². The van der Waals surface area contributed by atoms with Crippen LogP contribution in [0.25, 0.3) is 10.9 Å². The van der Waals surface area contributed by atoms with Crippen molar-refractivity contribution in [3.05, 3.63) is 54.2 Å². The van der Waals surface area contributed by atoms with Gasteiger partial charge >= 0.3 is 0 Å². The van der Waals surface area contributed by atoms with Crippen LogP contribution in [0.15, 0.2) is 53.6 Å². The zero-order valence-electron chi connectivity index (χ0n) is 16.9. The quantitative estimate of drug-likeness (QED) is 0.599. The molecule has 1 amide bonds. The third-order valence-corrected chi connectivity index (χ3v) is 6.95. The van der Waals surface area contributed by atoms with E-state index in [-0.39, 0.29) is 23.5 Å². The molecule has 10 heteroatoms. The molecule has 9 nitrogen and oxygen atoms in total. The van der Waals surface area contributed by atoms with Gasteiger partial charge in [0.1, 0.15) is 5.75 Å². The lowest BCUT2D eigenvalue weighted by Gasteiger charge is -2.26. The summed E-state index contributed by atoms with van der Waals surface area (Å²) in [6.45, 7) is 1.27. The first-order chi connectivity index (χ1) is 14.9. The molecule has 2 heterocycles. The van der Waals surface area contributed by atoms with Gasteiger partial charge in [0, 0.05) is 36.4 Å². The first-order valence-electron chi connectivity index (χ1n) is 9.61. The molecule has 162 valence electrons. The van der Waals surface area contributed by atoms with E-state index in [4.69, 9.17) is 15.2 Å². The molecule has 1 aromatic heterocycles. The lowest BCUT2D eigenvalue weighted by molar-refractivity contribution is 0.0730. The van der Waals surface area contributed by atoms with Crippen molar-refractivity contribution in [1.82, 2.24) is 9.29 Å². The second kappa shape index (κ2) is 8.50. The third kappa shape index (κ3) is 4.18. The van der Waals surface area contributed by atoms with Gasteiger partial charge in [0.25, 0.3) is 5.91 Å². The predicted octanol–water partition coefficient (Wildman–Crippen LogP) is 2.11. The first-order valence-corrected chi connectivity index (χ1v) is 11.1. The van der Waals surface area contributed by atoms with E-state index in [1.54, 1.807) is 37.4 Å². The van der Waals surface area contributed by atoms with Crippen LogP contribution in [0.1, 0.15) is 10.4 Å². The number of sulfonamides is 1. The number of carbonyl (C=O) groups is 1. The summed E-state index contributed by atoms with van der Waals surface area (Å²) in [6, 6.07) is 11.8. The number of pyridine rings is 1. The summed E-state index contributed by atoms with van der Waals surface area (Å²) >= 11 is 0. The number of rotatable bonds is 6. The van der Waals surface area contributed by atoms with Crippen molar-refractivity contribution >= 4 is 38.2 Å². The minimum absolute atomic E-state index is 0.110. The van der Waals surface area contributed by atoms with Crippen LogP contribution in [-0.2, 0) is 14.8 Å². The number of nitrogens with one attached hydrogen (secondary N) is 1. The molecule has 2 aromatic carbocycles. The highest BCUT2D eigenvalue weighted by Gasteiger charge is 2.27. The standard InChI is InChI=1S/C21H22N4O5S/c1-29-15-4-2-3-14(11-15)24-20-17-12-16(31(27,28)25-7-9-30-10-8-25)5-6-19(17)23-13-18(20)21(22)26/h2-6,11-13H,7-10H2,1H3,(H2,22,26)(H,23,24). The van der Waals surface area contributed by atoms with Gasteiger partial charge in [-0.15, -0.1) is 0 Å². The largest absolute Gasteiger partial charge is 0.497 e. The molecular formula is C21H22N4O5S. The van der Waals surface area contributed by atoms with Crippen LogP contribution in [0.3, 0.4) is 0 Å². The van der Waals surface area contributed by atoms with E-state index in [1.165, 1.54) is 22.6 Å². The van der Waals surface area contributed by atoms with Crippen LogP contribution in [0.2, 0.25) is 0 Å². The smallest absolute Gasteiger partial charge is 0.252 e. The lowest BCUT2D eigenvalue weighted by atomic mass is 10.1. The number of amides is 1. The number of fused-ring (bicyclic) bond motifs is 1. The fraction of sp³-hybridized carbons (Fsp3) is 0.238. The maximum absolute atomic E-state index is 13.1. The molecule has 3 N–H and O–H groups in total. The zero-order chi connectivity index (χ0) is 22.0. The number of primary amides is 1. The highest BCUT2D eigenvalue weighted by Crippen LogP contribution is 2.32. The average Bonchev–Trinajstić information content (AvgIpc) is 2.79. The summed E-state index contributed by atoms with van der Waals surface area (Å²) in [5.74, 6) is -0.0548. The Hall–Kier alpha value is -3.21. The van der Waals surface area contributed by atoms with Crippen LogP contribution in [0.5, 0.6) is 5.75 Å². The van der Waals surface area contributed by atoms with E-state index in [2.05, 4.69) is 10.3 Å². The topological polar surface area (TPSA) is 124 Å². The molecule has 1 fully saturated rings. The van der Waals surface area contributed by atoms with Gasteiger partial charge < -0.3 is 20.5 Å². The summed E-state index contributed by atoms with van der Waals surface area (Å²) in [5, 5.41) is 3.65. The number of benzene rings is 2. The van der Waals surface area contributed by atoms with Gasteiger partial charge in [-0.3, -0.25) is 9.78 Å². The second-order valence-electron chi connectivity index (χ2n) is 6.96. The summed E-state index contributed by atoms with van der Waals surface area (Å²) in [4.78, 5) is 16.5.